The van der Waals surface area contributed by atoms with Crippen LogP contribution in [0.5, 0.6) is 0 Å². The number of nitrogens with one attached hydrogen (secondary N) is 3. The number of hydrogen-bond acceptors (Lipinski definition) is 21. The predicted molar refractivity (Wildman–Crippen MR) is 287 cm³/mol. The molecule has 7 aromatic rings. The Hall–Kier alpha value is -7.04. The number of carbonyl (C=O) groups excluding carboxylic acids is 3. The van der Waals surface area contributed by atoms with E-state index in [2.05, 4.69) is 45.9 Å². The van der Waals surface area contributed by atoms with Crippen LogP contribution in [-0.4, -0.2) is 131 Å². The number of phosphoric acid groups is 1. The molecule has 7 heterocycles. The number of nitrogens with zero attached hydrogens (tertiary/aromatic N) is 8. The van der Waals surface area contributed by atoms with Crippen LogP contribution in [-0.2, 0) is 56.8 Å². The van der Waals surface area contributed by atoms with Gasteiger partial charge in [-0.3, -0.25) is 36.8 Å². The van der Waals surface area contributed by atoms with Crippen LogP contribution in [0.2, 0.25) is 0 Å². The van der Waals surface area contributed by atoms with Crippen LogP contribution < -0.4 is 27.4 Å². The number of amides is 3. The van der Waals surface area contributed by atoms with E-state index in [1.165, 1.54) is 28.7 Å². The van der Waals surface area contributed by atoms with Crippen molar-refractivity contribution in [1.82, 2.24) is 49.7 Å². The highest BCUT2D eigenvalue weighted by molar-refractivity contribution is 8.54. The number of hydrogen-bond donors (Lipinski definition) is 6. The molecule has 4 aromatic heterocycles. The molecular formula is C50H53F2N13O13P2S. The number of alkyl carbamates (subject to hydrolysis) is 1. The lowest BCUT2D eigenvalue weighted by Gasteiger charge is -2.29. The summed E-state index contributed by atoms with van der Waals surface area (Å²) < 4.78 is 105. The first-order valence-electron chi connectivity index (χ1n) is 25.3. The molecule has 81 heavy (non-hydrogen) atoms. The summed E-state index contributed by atoms with van der Waals surface area (Å²) in [5.74, 6) is -1.94. The number of halogens is 2. The highest BCUT2D eigenvalue weighted by Crippen LogP contribution is 2.65. The molecule has 4 unspecified atom stereocenters. The number of imidazole rings is 2. The van der Waals surface area contributed by atoms with E-state index < -0.39 is 107 Å². The molecule has 0 bridgehead atoms. The zero-order valence-corrected chi connectivity index (χ0v) is 45.7. The van der Waals surface area contributed by atoms with Crippen LogP contribution in [0.15, 0.2) is 98.1 Å². The van der Waals surface area contributed by atoms with Gasteiger partial charge in [0.15, 0.2) is 47.7 Å². The third-order valence-electron chi connectivity index (χ3n) is 14.1. The summed E-state index contributed by atoms with van der Waals surface area (Å²) in [4.78, 5) is 75.6. The lowest BCUT2D eigenvalue weighted by Crippen LogP contribution is -2.53. The topological polar surface area (TPSA) is 346 Å². The molecule has 31 heteroatoms. The molecule has 0 saturated carbocycles. The SMILES string of the molecule is CC(C)[C@H](NC(=O)OCC1c2ccccc2-c2ccccc21)C(=O)N[C@@H](C)C(=O)Nc1ccc(CSP2(=O)OC[C@H]3O[C@@H](n4cnc5c(N)ncnc54)[C@H](F)C3OP(=O)(O)OC[C@H]3OC(n4cnc5c(N)ncnc54)[C@H](F)[C@@H]3O2)cc1. The summed E-state index contributed by atoms with van der Waals surface area (Å²) >= 11 is 0.617. The van der Waals surface area contributed by atoms with Gasteiger partial charge in [0.2, 0.25) is 11.8 Å². The predicted octanol–water partition coefficient (Wildman–Crippen LogP) is 6.27. The van der Waals surface area contributed by atoms with Gasteiger partial charge in [0, 0.05) is 17.4 Å². The number of phosphoric ester groups is 1. The Labute approximate surface area is 463 Å². The van der Waals surface area contributed by atoms with Crippen LogP contribution in [0.4, 0.5) is 30.9 Å². The summed E-state index contributed by atoms with van der Waals surface area (Å²) in [6.07, 6.45) is -10.7. The third-order valence-corrected chi connectivity index (χ3v) is 18.7. The molecule has 3 aliphatic heterocycles. The Morgan fingerprint density at radius 3 is 1.85 bits per heavy atom. The van der Waals surface area contributed by atoms with Gasteiger partial charge in [-0.1, -0.05) is 74.5 Å². The van der Waals surface area contributed by atoms with E-state index in [9.17, 15) is 23.8 Å². The number of alkyl halides is 2. The molecule has 3 amide bonds. The summed E-state index contributed by atoms with van der Waals surface area (Å²) in [7, 11) is -5.24. The van der Waals surface area contributed by atoms with Gasteiger partial charge in [-0.25, -0.2) is 52.6 Å². The molecule has 12 atom stereocenters. The van der Waals surface area contributed by atoms with Crippen molar-refractivity contribution < 1.29 is 69.5 Å². The summed E-state index contributed by atoms with van der Waals surface area (Å²) in [5, 5.41) is 8.07. The Balaban J connectivity index is 0.759. The van der Waals surface area contributed by atoms with E-state index in [1.807, 2.05) is 48.5 Å². The standard InChI is InChI=1S/C50H53F2N13O13P2S/c1-24(2)37(63-50(68)72-16-32-30-10-6-4-8-28(30)29-9-5-7-11-31(29)32)47(67)61-25(3)46(66)62-27-14-12-26(13-15-27)19-81-80(71)74-18-34-40(35(51)48(76-34)64-22-59-38-42(53)55-20-57-44(38)64)77-79(69,70)73-17-33-41(78-80)36(52)49(75-33)65-23-60-39-43(54)56-21-58-45(39)65/h4-15,20-25,32-37,40-41,48-49H,16-19H2,1-3H3,(H,61,67)(H,62,66)(H,63,68)(H,69,70)(H2,53,55,57)(H2,54,56,58)/t25-,33+,34+,35+,36+,37-,40?,41+,48+,49?,80?/m0/s1. The second-order valence-corrected chi connectivity index (χ2v) is 25.1. The lowest BCUT2D eigenvalue weighted by atomic mass is 9.98. The monoisotopic (exact) mass is 1180 g/mol. The van der Waals surface area contributed by atoms with Crippen molar-refractivity contribution in [2.75, 3.05) is 36.6 Å². The average Bonchev–Trinajstić information content (AvgIpc) is 4.34. The van der Waals surface area contributed by atoms with Crippen molar-refractivity contribution in [3.8, 4) is 11.1 Å². The molecule has 0 radical (unpaired) electrons. The van der Waals surface area contributed by atoms with Crippen molar-refractivity contribution in [2.45, 2.75) is 93.7 Å². The van der Waals surface area contributed by atoms with E-state index in [1.54, 1.807) is 38.1 Å². The van der Waals surface area contributed by atoms with Gasteiger partial charge in [-0.05, 0) is 64.2 Å². The molecule has 3 saturated heterocycles. The maximum atomic E-state index is 17.0. The quantitative estimate of drug-likeness (QED) is 0.0693. The normalized spacial score (nSPS) is 27.3. The number of nitrogen functional groups attached to an aromatic ring is 2. The van der Waals surface area contributed by atoms with Crippen molar-refractivity contribution >= 4 is 83.6 Å². The van der Waals surface area contributed by atoms with Gasteiger partial charge in [0.05, 0.1) is 25.9 Å². The zero-order chi connectivity index (χ0) is 56.9. The molecule has 3 fully saturated rings. The number of carbonyl (C=O) groups is 3. The Morgan fingerprint density at radius 2 is 1.28 bits per heavy atom. The van der Waals surface area contributed by atoms with Gasteiger partial charge in [0.25, 0.3) is 0 Å². The van der Waals surface area contributed by atoms with E-state index in [-0.39, 0.29) is 58.2 Å². The molecule has 0 spiro atoms. The largest absolute Gasteiger partial charge is 0.472 e. The minimum absolute atomic E-state index is 0.0150. The summed E-state index contributed by atoms with van der Waals surface area (Å²) in [6, 6.07) is 20.0. The molecule has 26 nitrogen and oxygen atoms in total. The van der Waals surface area contributed by atoms with Gasteiger partial charge in [0.1, 0.15) is 66.8 Å². The van der Waals surface area contributed by atoms with Crippen LogP contribution in [0.25, 0.3) is 33.5 Å². The average molecular weight is 1180 g/mol. The van der Waals surface area contributed by atoms with Gasteiger partial charge in [-0.15, -0.1) is 0 Å². The number of nitrogens with two attached hydrogens (primary N) is 2. The fourth-order valence-electron chi connectivity index (χ4n) is 9.99. The van der Waals surface area contributed by atoms with Gasteiger partial charge < -0.3 is 46.5 Å². The van der Waals surface area contributed by atoms with Crippen LogP contribution in [0, 0.1) is 5.92 Å². The van der Waals surface area contributed by atoms with Gasteiger partial charge >= 0.3 is 20.7 Å². The molecule has 3 aromatic carbocycles. The van der Waals surface area contributed by atoms with Crippen molar-refractivity contribution in [2.24, 2.45) is 5.92 Å². The minimum Gasteiger partial charge on any atom is -0.449 e. The third kappa shape index (κ3) is 11.3. The van der Waals surface area contributed by atoms with Crippen LogP contribution >= 0.6 is 26.0 Å². The van der Waals surface area contributed by atoms with Crippen molar-refractivity contribution in [1.29, 1.82) is 0 Å². The van der Waals surface area contributed by atoms with Crippen molar-refractivity contribution in [3.63, 3.8) is 0 Å². The first kappa shape index (κ1) is 55.8. The van der Waals surface area contributed by atoms with E-state index in [4.69, 9.17) is 43.8 Å². The maximum absolute atomic E-state index is 17.0. The number of aromatic nitrogens is 8. The van der Waals surface area contributed by atoms with Gasteiger partial charge in [-0.2, -0.15) is 0 Å². The number of anilines is 3. The number of benzene rings is 3. The smallest absolute Gasteiger partial charge is 0.449 e. The molecule has 4 aliphatic rings. The minimum atomic E-state index is -5.24. The maximum Gasteiger partial charge on any atom is 0.472 e. The highest BCUT2D eigenvalue weighted by Gasteiger charge is 2.55. The van der Waals surface area contributed by atoms with E-state index in [0.29, 0.717) is 22.6 Å². The molecule has 1 aliphatic carbocycles. The number of ether oxygens (including phenoxy) is 3. The highest BCUT2D eigenvalue weighted by atomic mass is 32.7. The fourth-order valence-corrected chi connectivity index (χ4v) is 14.3. The summed E-state index contributed by atoms with van der Waals surface area (Å²) in [5.41, 5.74) is 17.3. The molecular weight excluding hydrogens is 1120 g/mol. The molecule has 11 rings (SSSR count). The lowest BCUT2D eigenvalue weighted by molar-refractivity contribution is -0.128. The zero-order valence-electron chi connectivity index (χ0n) is 43.1. The first-order valence-corrected chi connectivity index (χ1v) is 30.0. The number of rotatable bonds is 13. The second-order valence-electron chi connectivity index (χ2n) is 19.7. The fraction of sp³-hybridized carbons (Fsp3) is 0.380. The molecule has 426 valence electrons. The Bertz CT molecular complexity index is 3580. The van der Waals surface area contributed by atoms with Crippen LogP contribution in [0.3, 0.4) is 0 Å². The summed E-state index contributed by atoms with van der Waals surface area (Å²) in [6.45, 7) is -1.36. The van der Waals surface area contributed by atoms with Crippen LogP contribution in [0.1, 0.15) is 55.8 Å². The Morgan fingerprint density at radius 1 is 0.741 bits per heavy atom. The second kappa shape index (κ2) is 22.7. The molecule has 8 N–H and O–H groups in total. The Kier molecular flexibility index (Phi) is 15.7. The van der Waals surface area contributed by atoms with E-state index in [0.717, 1.165) is 34.9 Å². The first-order chi connectivity index (χ1) is 38.8. The van der Waals surface area contributed by atoms with E-state index >= 15 is 13.3 Å². The van der Waals surface area contributed by atoms with Crippen molar-refractivity contribution in [3.05, 3.63) is 115 Å². The number of fused-ring (bicyclic) bond motifs is 7.